The molecule has 2 aliphatic heterocycles. The highest BCUT2D eigenvalue weighted by Gasteiger charge is 2.47. The number of ether oxygens (including phenoxy) is 2. The molecular formula is C23H22N4O3. The third-order valence-corrected chi connectivity index (χ3v) is 5.90. The van der Waals surface area contributed by atoms with Crippen LogP contribution in [0.15, 0.2) is 67.0 Å². The lowest BCUT2D eigenvalue weighted by atomic mass is 9.74. The van der Waals surface area contributed by atoms with Crippen molar-refractivity contribution in [1.82, 2.24) is 15.0 Å². The van der Waals surface area contributed by atoms with Crippen molar-refractivity contribution in [3.63, 3.8) is 0 Å². The molecule has 1 saturated heterocycles. The van der Waals surface area contributed by atoms with Crippen molar-refractivity contribution in [3.05, 3.63) is 83.8 Å². The second-order valence-electron chi connectivity index (χ2n) is 7.74. The summed E-state index contributed by atoms with van der Waals surface area (Å²) < 4.78 is 13.6. The zero-order valence-electron chi connectivity index (χ0n) is 16.5. The van der Waals surface area contributed by atoms with Crippen LogP contribution >= 0.6 is 0 Å². The number of benzene rings is 2. The Morgan fingerprint density at radius 3 is 3.00 bits per heavy atom. The van der Waals surface area contributed by atoms with Crippen LogP contribution in [0.2, 0.25) is 0 Å². The van der Waals surface area contributed by atoms with Gasteiger partial charge in [-0.25, -0.2) is 4.68 Å². The Morgan fingerprint density at radius 2 is 2.10 bits per heavy atom. The van der Waals surface area contributed by atoms with Gasteiger partial charge in [0.25, 0.3) is 0 Å². The smallest absolute Gasteiger partial charge is 0.153 e. The Hall–Kier alpha value is -3.45. The van der Waals surface area contributed by atoms with E-state index in [9.17, 15) is 4.79 Å². The molecule has 2 unspecified atom stereocenters. The Kier molecular flexibility index (Phi) is 4.59. The molecule has 7 nitrogen and oxygen atoms in total. The molecule has 0 radical (unpaired) electrons. The van der Waals surface area contributed by atoms with Crippen LogP contribution in [-0.4, -0.2) is 34.5 Å². The molecule has 1 spiro atoms. The molecule has 0 aliphatic carbocycles. The van der Waals surface area contributed by atoms with Gasteiger partial charge >= 0.3 is 0 Å². The molecule has 2 atom stereocenters. The number of nitrogens with zero attached hydrogens (tertiary/aromatic N) is 3. The van der Waals surface area contributed by atoms with Gasteiger partial charge in [0.15, 0.2) is 6.29 Å². The molecule has 1 aromatic heterocycles. The number of carbonyl (C=O) groups is 1. The van der Waals surface area contributed by atoms with Crippen LogP contribution < -0.4 is 10.1 Å². The molecule has 3 heterocycles. The number of fused-ring (bicyclic) bond motifs is 2. The monoisotopic (exact) mass is 402 g/mol. The summed E-state index contributed by atoms with van der Waals surface area (Å²) in [6, 6.07) is 15.4. The van der Waals surface area contributed by atoms with E-state index in [1.165, 1.54) is 5.56 Å². The minimum Gasteiger partial charge on any atom is -0.486 e. The second kappa shape index (κ2) is 7.42. The van der Waals surface area contributed by atoms with Gasteiger partial charge < -0.3 is 14.8 Å². The lowest BCUT2D eigenvalue weighted by molar-refractivity contribution is 0.0125. The van der Waals surface area contributed by atoms with E-state index in [-0.39, 0.29) is 18.1 Å². The first-order valence-electron chi connectivity index (χ1n) is 9.91. The number of aromatic nitrogens is 3. The summed E-state index contributed by atoms with van der Waals surface area (Å²) >= 11 is 0. The van der Waals surface area contributed by atoms with Crippen LogP contribution in [0.3, 0.4) is 0 Å². The number of hydrogen-bond acceptors (Lipinski definition) is 6. The SMILES string of the molecule is C=C1Nc2ccccc2C12COCC(n1cc(COc3ccccc3C=O)nn1)C2. The highest BCUT2D eigenvalue weighted by Crippen LogP contribution is 2.49. The van der Waals surface area contributed by atoms with Crippen molar-refractivity contribution in [2.75, 3.05) is 18.5 Å². The van der Waals surface area contributed by atoms with Crippen LogP contribution in [0.1, 0.15) is 34.1 Å². The van der Waals surface area contributed by atoms with Crippen molar-refractivity contribution in [1.29, 1.82) is 0 Å². The van der Waals surface area contributed by atoms with Gasteiger partial charge in [0.05, 0.1) is 36.4 Å². The topological polar surface area (TPSA) is 78.3 Å². The molecule has 30 heavy (non-hydrogen) atoms. The molecule has 1 fully saturated rings. The molecule has 1 N–H and O–H groups in total. The first-order valence-corrected chi connectivity index (χ1v) is 9.91. The van der Waals surface area contributed by atoms with Crippen LogP contribution in [0.5, 0.6) is 5.75 Å². The van der Waals surface area contributed by atoms with Crippen molar-refractivity contribution in [2.24, 2.45) is 0 Å². The summed E-state index contributed by atoms with van der Waals surface area (Å²) in [5.74, 6) is 0.534. The van der Waals surface area contributed by atoms with Gasteiger partial charge in [-0.05, 0) is 30.2 Å². The minimum absolute atomic E-state index is 0.0342. The van der Waals surface area contributed by atoms with E-state index < -0.39 is 0 Å². The number of aldehydes is 1. The third-order valence-electron chi connectivity index (χ3n) is 5.90. The predicted molar refractivity (Wildman–Crippen MR) is 112 cm³/mol. The molecule has 2 aliphatic rings. The number of para-hydroxylation sites is 2. The molecule has 0 saturated carbocycles. The van der Waals surface area contributed by atoms with Gasteiger partial charge in [0, 0.05) is 11.4 Å². The van der Waals surface area contributed by atoms with E-state index in [1.54, 1.807) is 18.2 Å². The van der Waals surface area contributed by atoms with Crippen LogP contribution in [0.25, 0.3) is 0 Å². The second-order valence-corrected chi connectivity index (χ2v) is 7.74. The van der Waals surface area contributed by atoms with E-state index in [4.69, 9.17) is 9.47 Å². The molecule has 0 amide bonds. The molecule has 0 bridgehead atoms. The first-order chi connectivity index (χ1) is 14.7. The summed E-state index contributed by atoms with van der Waals surface area (Å²) in [5.41, 5.74) is 4.20. The van der Waals surface area contributed by atoms with Crippen LogP contribution in [0.4, 0.5) is 5.69 Å². The highest BCUT2D eigenvalue weighted by atomic mass is 16.5. The maximum Gasteiger partial charge on any atom is 0.153 e. The van der Waals surface area contributed by atoms with E-state index >= 15 is 0 Å². The number of hydrogen-bond donors (Lipinski definition) is 1. The maximum absolute atomic E-state index is 11.1. The van der Waals surface area contributed by atoms with Gasteiger partial charge in [0.2, 0.25) is 0 Å². The van der Waals surface area contributed by atoms with Crippen molar-refractivity contribution >= 4 is 12.0 Å². The zero-order chi connectivity index (χ0) is 20.6. The maximum atomic E-state index is 11.1. The van der Waals surface area contributed by atoms with E-state index in [2.05, 4.69) is 34.3 Å². The van der Waals surface area contributed by atoms with Crippen molar-refractivity contribution in [2.45, 2.75) is 24.5 Å². The van der Waals surface area contributed by atoms with Crippen LogP contribution in [-0.2, 0) is 16.8 Å². The number of nitrogens with one attached hydrogen (secondary N) is 1. The van der Waals surface area contributed by atoms with Gasteiger partial charge in [-0.3, -0.25) is 4.79 Å². The standard InChI is InChI=1S/C23H22N4O3/c1-16-23(20-7-3-4-8-21(20)24-16)10-19(14-29-15-23)27-11-18(25-26-27)13-30-22-9-5-2-6-17(22)12-28/h2-9,11-12,19,24H,1,10,13-15H2. The fourth-order valence-corrected chi connectivity index (χ4v) is 4.33. The van der Waals surface area contributed by atoms with Gasteiger partial charge in [0.1, 0.15) is 18.1 Å². The van der Waals surface area contributed by atoms with E-state index in [0.29, 0.717) is 30.2 Å². The Labute approximate surface area is 174 Å². The Balaban J connectivity index is 1.33. The summed E-state index contributed by atoms with van der Waals surface area (Å²) in [6.07, 6.45) is 3.49. The fourth-order valence-electron chi connectivity index (χ4n) is 4.33. The summed E-state index contributed by atoms with van der Waals surface area (Å²) in [5, 5.41) is 12.0. The van der Waals surface area contributed by atoms with Crippen molar-refractivity contribution < 1.29 is 14.3 Å². The largest absolute Gasteiger partial charge is 0.486 e. The first kappa shape index (κ1) is 18.6. The van der Waals surface area contributed by atoms with Gasteiger partial charge in [-0.15, -0.1) is 5.10 Å². The average Bonchev–Trinajstić information content (AvgIpc) is 3.36. The molecule has 2 aromatic carbocycles. The predicted octanol–water partition coefficient (Wildman–Crippen LogP) is 3.51. The lowest BCUT2D eigenvalue weighted by Gasteiger charge is -2.38. The summed E-state index contributed by atoms with van der Waals surface area (Å²) in [4.78, 5) is 11.1. The summed E-state index contributed by atoms with van der Waals surface area (Å²) in [6.45, 7) is 5.67. The molecule has 7 heteroatoms. The molecule has 3 aromatic rings. The summed E-state index contributed by atoms with van der Waals surface area (Å²) in [7, 11) is 0. The lowest BCUT2D eigenvalue weighted by Crippen LogP contribution is -2.41. The number of carbonyl (C=O) groups excluding carboxylic acids is 1. The molecular weight excluding hydrogens is 380 g/mol. The minimum atomic E-state index is -0.273. The third kappa shape index (κ3) is 3.07. The van der Waals surface area contributed by atoms with Gasteiger partial charge in [-0.1, -0.05) is 42.1 Å². The van der Waals surface area contributed by atoms with Crippen LogP contribution in [0, 0.1) is 0 Å². The Bertz CT molecular complexity index is 1110. The quantitative estimate of drug-likeness (QED) is 0.658. The van der Waals surface area contributed by atoms with E-state index in [0.717, 1.165) is 24.1 Å². The Morgan fingerprint density at radius 1 is 1.27 bits per heavy atom. The zero-order valence-corrected chi connectivity index (χ0v) is 16.5. The number of rotatable bonds is 5. The molecule has 5 rings (SSSR count). The fraction of sp³-hybridized carbons (Fsp3) is 0.261. The molecule has 152 valence electrons. The number of anilines is 1. The highest BCUT2D eigenvalue weighted by molar-refractivity contribution is 5.79. The van der Waals surface area contributed by atoms with E-state index in [1.807, 2.05) is 29.1 Å². The van der Waals surface area contributed by atoms with Gasteiger partial charge in [-0.2, -0.15) is 0 Å². The van der Waals surface area contributed by atoms with Crippen molar-refractivity contribution in [3.8, 4) is 5.75 Å². The average molecular weight is 402 g/mol. The normalized spacial score (nSPS) is 22.5.